The second-order valence-corrected chi connectivity index (χ2v) is 5.52. The van der Waals surface area contributed by atoms with E-state index < -0.39 is 0 Å². The fraction of sp³-hybridized carbons (Fsp3) is 0.667. The molecule has 1 aliphatic rings. The fourth-order valence-corrected chi connectivity index (χ4v) is 1.77. The van der Waals surface area contributed by atoms with Gasteiger partial charge in [-0.15, -0.1) is 0 Å². The third-order valence-corrected chi connectivity index (χ3v) is 3.13. The molecule has 0 bridgehead atoms. The summed E-state index contributed by atoms with van der Waals surface area (Å²) in [6.07, 6.45) is 3.70. The van der Waals surface area contributed by atoms with Crippen molar-refractivity contribution in [2.45, 2.75) is 51.4 Å². The van der Waals surface area contributed by atoms with Crippen molar-refractivity contribution in [3.63, 3.8) is 0 Å². The van der Waals surface area contributed by atoms with E-state index in [1.54, 1.807) is 0 Å². The highest BCUT2D eigenvalue weighted by atomic mass is 15.3. The first-order valence-corrected chi connectivity index (χ1v) is 5.87. The summed E-state index contributed by atoms with van der Waals surface area (Å²) in [5.74, 6) is 7.66. The van der Waals surface area contributed by atoms with Crippen LogP contribution in [-0.4, -0.2) is 9.97 Å². The summed E-state index contributed by atoms with van der Waals surface area (Å²) in [7, 11) is 0. The van der Waals surface area contributed by atoms with Crippen molar-refractivity contribution in [1.82, 2.24) is 9.97 Å². The van der Waals surface area contributed by atoms with E-state index in [-0.39, 0.29) is 5.41 Å². The van der Waals surface area contributed by atoms with Crippen LogP contribution in [0.25, 0.3) is 0 Å². The summed E-state index contributed by atoms with van der Waals surface area (Å²) in [6.45, 7) is 6.46. The summed E-state index contributed by atoms with van der Waals surface area (Å²) in [5.41, 5.74) is 3.72. The number of rotatable bonds is 2. The molecule has 0 radical (unpaired) electrons. The summed E-state index contributed by atoms with van der Waals surface area (Å²) in [6, 6.07) is 1.93. The Bertz CT molecular complexity index is 377. The third kappa shape index (κ3) is 2.16. The van der Waals surface area contributed by atoms with Gasteiger partial charge in [-0.1, -0.05) is 27.2 Å². The van der Waals surface area contributed by atoms with E-state index >= 15 is 0 Å². The van der Waals surface area contributed by atoms with Gasteiger partial charge in [-0.25, -0.2) is 15.8 Å². The van der Waals surface area contributed by atoms with E-state index in [1.807, 2.05) is 6.07 Å². The van der Waals surface area contributed by atoms with Crippen LogP contribution in [0.2, 0.25) is 0 Å². The van der Waals surface area contributed by atoms with Crippen LogP contribution in [0.5, 0.6) is 0 Å². The standard InChI is InChI=1S/C12H20N4/c1-12(2,3)9-7-10(16-13)15-11(14-9)8-5-4-6-8/h7-8H,4-6,13H2,1-3H3,(H,14,15,16). The number of anilines is 1. The van der Waals surface area contributed by atoms with Crippen molar-refractivity contribution in [3.05, 3.63) is 17.6 Å². The predicted octanol–water partition coefficient (Wildman–Crippen LogP) is 2.33. The molecule has 1 heterocycles. The van der Waals surface area contributed by atoms with Crippen LogP contribution < -0.4 is 11.3 Å². The Labute approximate surface area is 96.6 Å². The normalized spacial score (nSPS) is 17.0. The van der Waals surface area contributed by atoms with Gasteiger partial charge in [0.1, 0.15) is 11.6 Å². The SMILES string of the molecule is CC(C)(C)c1cc(NN)nc(C2CCC2)n1. The Kier molecular flexibility index (Phi) is 2.84. The second kappa shape index (κ2) is 4.01. The second-order valence-electron chi connectivity index (χ2n) is 5.52. The number of nitrogens with two attached hydrogens (primary N) is 1. The van der Waals surface area contributed by atoms with Crippen LogP contribution in [0.1, 0.15) is 57.5 Å². The first-order valence-electron chi connectivity index (χ1n) is 5.87. The van der Waals surface area contributed by atoms with Crippen molar-refractivity contribution < 1.29 is 0 Å². The van der Waals surface area contributed by atoms with Gasteiger partial charge in [0.25, 0.3) is 0 Å². The number of hydrazine groups is 1. The molecule has 0 spiro atoms. The molecule has 88 valence electrons. The van der Waals surface area contributed by atoms with Gasteiger partial charge in [0, 0.05) is 17.4 Å². The van der Waals surface area contributed by atoms with E-state index in [2.05, 4.69) is 36.2 Å². The number of hydrogen-bond acceptors (Lipinski definition) is 4. The van der Waals surface area contributed by atoms with Gasteiger partial charge in [0.2, 0.25) is 0 Å². The minimum absolute atomic E-state index is 0.0348. The van der Waals surface area contributed by atoms with E-state index in [9.17, 15) is 0 Å². The number of nitrogens with one attached hydrogen (secondary N) is 1. The molecule has 1 aliphatic carbocycles. The molecule has 0 unspecified atom stereocenters. The summed E-state index contributed by atoms with van der Waals surface area (Å²) in [4.78, 5) is 9.11. The molecule has 0 aromatic carbocycles. The molecule has 1 saturated carbocycles. The lowest BCUT2D eigenvalue weighted by Gasteiger charge is -2.26. The Balaban J connectivity index is 2.38. The molecule has 1 fully saturated rings. The van der Waals surface area contributed by atoms with Gasteiger partial charge in [-0.3, -0.25) is 0 Å². The maximum atomic E-state index is 5.45. The molecule has 4 heteroatoms. The van der Waals surface area contributed by atoms with Crippen molar-refractivity contribution >= 4 is 5.82 Å². The molecule has 16 heavy (non-hydrogen) atoms. The molecule has 0 amide bonds. The lowest BCUT2D eigenvalue weighted by Crippen LogP contribution is -2.21. The van der Waals surface area contributed by atoms with Gasteiger partial charge in [0.15, 0.2) is 0 Å². The van der Waals surface area contributed by atoms with Gasteiger partial charge in [-0.05, 0) is 12.8 Å². The number of hydrogen-bond donors (Lipinski definition) is 2. The van der Waals surface area contributed by atoms with E-state index in [0.29, 0.717) is 5.92 Å². The van der Waals surface area contributed by atoms with Crippen molar-refractivity contribution in [1.29, 1.82) is 0 Å². The van der Waals surface area contributed by atoms with Crippen LogP contribution in [0, 0.1) is 0 Å². The van der Waals surface area contributed by atoms with Gasteiger partial charge < -0.3 is 5.43 Å². The molecular weight excluding hydrogens is 200 g/mol. The lowest BCUT2D eigenvalue weighted by molar-refractivity contribution is 0.397. The lowest BCUT2D eigenvalue weighted by atomic mass is 9.84. The minimum atomic E-state index is 0.0348. The Morgan fingerprint density at radius 1 is 1.31 bits per heavy atom. The highest BCUT2D eigenvalue weighted by molar-refractivity contribution is 5.37. The third-order valence-electron chi connectivity index (χ3n) is 3.13. The highest BCUT2D eigenvalue weighted by Gasteiger charge is 2.25. The number of nitrogens with zero attached hydrogens (tertiary/aromatic N) is 2. The number of aromatic nitrogens is 2. The predicted molar refractivity (Wildman–Crippen MR) is 65.1 cm³/mol. The first kappa shape index (κ1) is 11.3. The molecule has 0 saturated heterocycles. The summed E-state index contributed by atoms with van der Waals surface area (Å²) in [5, 5.41) is 0. The van der Waals surface area contributed by atoms with E-state index in [0.717, 1.165) is 17.3 Å². The largest absolute Gasteiger partial charge is 0.308 e. The summed E-state index contributed by atoms with van der Waals surface area (Å²) < 4.78 is 0. The van der Waals surface area contributed by atoms with Crippen LogP contribution in [0.4, 0.5) is 5.82 Å². The smallest absolute Gasteiger partial charge is 0.143 e. The molecule has 2 rings (SSSR count). The van der Waals surface area contributed by atoms with Crippen molar-refractivity contribution in [3.8, 4) is 0 Å². The molecule has 1 aromatic rings. The zero-order valence-electron chi connectivity index (χ0n) is 10.2. The molecule has 0 aliphatic heterocycles. The molecule has 3 N–H and O–H groups in total. The topological polar surface area (TPSA) is 63.8 Å². The number of nitrogen functional groups attached to an aromatic ring is 1. The monoisotopic (exact) mass is 220 g/mol. The van der Waals surface area contributed by atoms with Crippen LogP contribution in [-0.2, 0) is 5.41 Å². The Morgan fingerprint density at radius 2 is 2.00 bits per heavy atom. The maximum absolute atomic E-state index is 5.45. The van der Waals surface area contributed by atoms with Gasteiger partial charge in [0.05, 0.1) is 5.69 Å². The first-order chi connectivity index (χ1) is 7.50. The van der Waals surface area contributed by atoms with Crippen LogP contribution in [0.3, 0.4) is 0 Å². The quantitative estimate of drug-likeness (QED) is 0.593. The van der Waals surface area contributed by atoms with Gasteiger partial charge in [-0.2, -0.15) is 0 Å². The van der Waals surface area contributed by atoms with Crippen molar-refractivity contribution in [2.24, 2.45) is 5.84 Å². The zero-order valence-corrected chi connectivity index (χ0v) is 10.2. The molecule has 4 nitrogen and oxygen atoms in total. The Morgan fingerprint density at radius 3 is 2.44 bits per heavy atom. The van der Waals surface area contributed by atoms with Gasteiger partial charge >= 0.3 is 0 Å². The fourth-order valence-electron chi connectivity index (χ4n) is 1.77. The summed E-state index contributed by atoms with van der Waals surface area (Å²) >= 11 is 0. The average molecular weight is 220 g/mol. The van der Waals surface area contributed by atoms with Crippen LogP contribution in [0.15, 0.2) is 6.07 Å². The maximum Gasteiger partial charge on any atom is 0.143 e. The van der Waals surface area contributed by atoms with E-state index in [1.165, 1.54) is 19.3 Å². The minimum Gasteiger partial charge on any atom is -0.308 e. The average Bonchev–Trinajstić information content (AvgIpc) is 2.13. The van der Waals surface area contributed by atoms with Crippen molar-refractivity contribution in [2.75, 3.05) is 5.43 Å². The Hall–Kier alpha value is -1.16. The van der Waals surface area contributed by atoms with Crippen LogP contribution >= 0.6 is 0 Å². The zero-order chi connectivity index (χ0) is 11.8. The highest BCUT2D eigenvalue weighted by Crippen LogP contribution is 2.35. The molecule has 0 atom stereocenters. The molecular formula is C12H20N4. The molecule has 1 aromatic heterocycles. The van der Waals surface area contributed by atoms with E-state index in [4.69, 9.17) is 5.84 Å².